The van der Waals surface area contributed by atoms with Crippen LogP contribution in [-0.4, -0.2) is 29.3 Å². The van der Waals surface area contributed by atoms with Gasteiger partial charge in [-0.25, -0.2) is 0 Å². The lowest BCUT2D eigenvalue weighted by Crippen LogP contribution is -2.21. The van der Waals surface area contributed by atoms with Gasteiger partial charge in [0.05, 0.1) is 12.5 Å². The Bertz CT molecular complexity index is 1290. The van der Waals surface area contributed by atoms with Crippen molar-refractivity contribution in [2.24, 2.45) is 5.73 Å². The second-order valence-electron chi connectivity index (χ2n) is 7.48. The number of aromatic nitrogens is 2. The number of nitrogens with zero attached hydrogens (tertiary/aromatic N) is 2. The number of hydrogen-bond donors (Lipinski definition) is 3. The summed E-state index contributed by atoms with van der Waals surface area (Å²) in [6.45, 7) is 3.85. The quantitative estimate of drug-likeness (QED) is 0.466. The molecular formula is C24H22ClN5O4. The van der Waals surface area contributed by atoms with Crippen LogP contribution in [0, 0.1) is 18.3 Å². The van der Waals surface area contributed by atoms with Crippen LogP contribution in [0.25, 0.3) is 0 Å². The van der Waals surface area contributed by atoms with Gasteiger partial charge in [-0.05, 0) is 55.8 Å². The van der Waals surface area contributed by atoms with Gasteiger partial charge < -0.3 is 25.3 Å². The molecule has 2 heterocycles. The number of aromatic amines is 1. The lowest BCUT2D eigenvalue weighted by molar-refractivity contribution is -0.118. The van der Waals surface area contributed by atoms with Crippen LogP contribution in [0.3, 0.4) is 0 Å². The third-order valence-corrected chi connectivity index (χ3v) is 5.47. The fourth-order valence-electron chi connectivity index (χ4n) is 3.70. The van der Waals surface area contributed by atoms with Crippen LogP contribution >= 0.6 is 11.6 Å². The molecule has 3 aromatic rings. The van der Waals surface area contributed by atoms with Crippen molar-refractivity contribution in [3.63, 3.8) is 0 Å². The largest absolute Gasteiger partial charge is 0.490 e. The molecule has 0 fully saturated rings. The van der Waals surface area contributed by atoms with Gasteiger partial charge in [-0.3, -0.25) is 9.89 Å². The molecule has 1 unspecified atom stereocenters. The molecule has 34 heavy (non-hydrogen) atoms. The number of fused-ring (bicyclic) bond motifs is 1. The van der Waals surface area contributed by atoms with E-state index in [1.807, 2.05) is 13.8 Å². The highest BCUT2D eigenvalue weighted by Gasteiger charge is 2.34. The van der Waals surface area contributed by atoms with Crippen LogP contribution in [0.4, 0.5) is 5.69 Å². The summed E-state index contributed by atoms with van der Waals surface area (Å²) in [5.74, 6) is 0.334. The average Bonchev–Trinajstić information content (AvgIpc) is 3.19. The van der Waals surface area contributed by atoms with E-state index in [2.05, 4.69) is 21.6 Å². The standard InChI is InChI=1S/C24H22ClN5O4/c1-3-32-19-10-14(22-17(11-26)23(27)34-24-21(22)13(2)29-30-24)4-9-18(19)33-12-20(31)28-16-7-5-15(25)6-8-16/h4-10,22H,3,12,27H2,1-2H3,(H,28,31)(H,29,30). The number of halogens is 1. The molecule has 2 aromatic carbocycles. The summed E-state index contributed by atoms with van der Waals surface area (Å²) < 4.78 is 17.0. The second kappa shape index (κ2) is 9.77. The van der Waals surface area contributed by atoms with Crippen LogP contribution in [0.1, 0.15) is 29.7 Å². The van der Waals surface area contributed by atoms with Gasteiger partial charge in [0.2, 0.25) is 11.8 Å². The summed E-state index contributed by atoms with van der Waals surface area (Å²) in [7, 11) is 0. The summed E-state index contributed by atoms with van der Waals surface area (Å²) >= 11 is 5.87. The zero-order chi connectivity index (χ0) is 24.2. The van der Waals surface area contributed by atoms with Crippen molar-refractivity contribution in [3.8, 4) is 23.4 Å². The van der Waals surface area contributed by atoms with Crippen LogP contribution < -0.4 is 25.3 Å². The topological polar surface area (TPSA) is 135 Å². The molecule has 0 saturated heterocycles. The van der Waals surface area contributed by atoms with E-state index in [1.54, 1.807) is 42.5 Å². The number of allylic oxidation sites excluding steroid dienone is 1. The van der Waals surface area contributed by atoms with Gasteiger partial charge in [0.15, 0.2) is 18.1 Å². The van der Waals surface area contributed by atoms with Gasteiger partial charge in [-0.15, -0.1) is 5.10 Å². The van der Waals surface area contributed by atoms with Crippen molar-refractivity contribution >= 4 is 23.2 Å². The Morgan fingerprint density at radius 2 is 2.03 bits per heavy atom. The molecule has 0 saturated carbocycles. The summed E-state index contributed by atoms with van der Waals surface area (Å²) in [6, 6.07) is 14.2. The highest BCUT2D eigenvalue weighted by Crippen LogP contribution is 2.44. The SMILES string of the molecule is CCOc1cc(C2C(C#N)=C(N)Oc3n[nH]c(C)c32)ccc1OCC(=O)Nc1ccc(Cl)cc1. The fourth-order valence-corrected chi connectivity index (χ4v) is 3.82. The van der Waals surface area contributed by atoms with E-state index in [9.17, 15) is 10.1 Å². The van der Waals surface area contributed by atoms with E-state index in [1.165, 1.54) is 0 Å². The number of nitrogens with two attached hydrogens (primary N) is 1. The molecule has 1 atom stereocenters. The molecule has 1 aliphatic rings. The predicted molar refractivity (Wildman–Crippen MR) is 126 cm³/mol. The molecule has 1 aliphatic heterocycles. The maximum absolute atomic E-state index is 12.3. The van der Waals surface area contributed by atoms with Gasteiger partial charge in [0.25, 0.3) is 5.91 Å². The Hall–Kier alpha value is -4.16. The summed E-state index contributed by atoms with van der Waals surface area (Å²) in [4.78, 5) is 12.3. The number of ether oxygens (including phenoxy) is 3. The third kappa shape index (κ3) is 4.63. The second-order valence-corrected chi connectivity index (χ2v) is 7.91. The Labute approximate surface area is 201 Å². The lowest BCUT2D eigenvalue weighted by Gasteiger charge is -2.24. The number of amides is 1. The molecule has 0 aliphatic carbocycles. The number of anilines is 1. The Kier molecular flexibility index (Phi) is 6.61. The van der Waals surface area contributed by atoms with Gasteiger partial charge in [0.1, 0.15) is 11.6 Å². The van der Waals surface area contributed by atoms with E-state index < -0.39 is 5.92 Å². The molecular weight excluding hydrogens is 458 g/mol. The summed E-state index contributed by atoms with van der Waals surface area (Å²) in [5, 5.41) is 20.1. The molecule has 10 heteroatoms. The van der Waals surface area contributed by atoms with Gasteiger partial charge in [-0.1, -0.05) is 17.7 Å². The molecule has 9 nitrogen and oxygen atoms in total. The monoisotopic (exact) mass is 479 g/mol. The summed E-state index contributed by atoms with van der Waals surface area (Å²) in [6.07, 6.45) is 0. The van der Waals surface area contributed by atoms with Gasteiger partial charge >= 0.3 is 0 Å². The number of nitrogens with one attached hydrogen (secondary N) is 2. The molecule has 4 rings (SSSR count). The number of aryl methyl sites for hydroxylation is 1. The molecule has 0 radical (unpaired) electrons. The molecule has 4 N–H and O–H groups in total. The number of hydrogen-bond acceptors (Lipinski definition) is 7. The van der Waals surface area contributed by atoms with E-state index in [-0.39, 0.29) is 24.0 Å². The number of carbonyl (C=O) groups excluding carboxylic acids is 1. The minimum Gasteiger partial charge on any atom is -0.490 e. The lowest BCUT2D eigenvalue weighted by atomic mass is 9.84. The Balaban J connectivity index is 1.58. The molecule has 0 bridgehead atoms. The van der Waals surface area contributed by atoms with Crippen molar-refractivity contribution < 1.29 is 19.0 Å². The minimum atomic E-state index is -0.492. The molecule has 1 amide bonds. The highest BCUT2D eigenvalue weighted by atomic mass is 35.5. The zero-order valence-corrected chi connectivity index (χ0v) is 19.3. The average molecular weight is 480 g/mol. The fraction of sp³-hybridized carbons (Fsp3) is 0.208. The number of benzene rings is 2. The number of rotatable bonds is 7. The first-order chi connectivity index (χ1) is 16.4. The van der Waals surface area contributed by atoms with Gasteiger partial charge in [0, 0.05) is 22.0 Å². The van der Waals surface area contributed by atoms with E-state index >= 15 is 0 Å². The molecule has 174 valence electrons. The maximum Gasteiger partial charge on any atom is 0.262 e. The first-order valence-electron chi connectivity index (χ1n) is 10.5. The number of H-pyrrole nitrogens is 1. The normalized spacial score (nSPS) is 14.6. The van der Waals surface area contributed by atoms with Crippen LogP contribution in [0.2, 0.25) is 5.02 Å². The van der Waals surface area contributed by atoms with Crippen LogP contribution in [0.5, 0.6) is 17.4 Å². The van der Waals surface area contributed by atoms with Crippen molar-refractivity contribution in [2.45, 2.75) is 19.8 Å². The van der Waals surface area contributed by atoms with Crippen molar-refractivity contribution in [1.82, 2.24) is 10.2 Å². The Morgan fingerprint density at radius 3 is 2.74 bits per heavy atom. The Morgan fingerprint density at radius 1 is 1.26 bits per heavy atom. The summed E-state index contributed by atoms with van der Waals surface area (Å²) in [5.41, 5.74) is 9.11. The van der Waals surface area contributed by atoms with E-state index in [0.29, 0.717) is 34.7 Å². The molecule has 0 spiro atoms. The van der Waals surface area contributed by atoms with E-state index in [4.69, 9.17) is 31.5 Å². The van der Waals surface area contributed by atoms with Crippen molar-refractivity contribution in [2.75, 3.05) is 18.5 Å². The first kappa shape index (κ1) is 23.0. The minimum absolute atomic E-state index is 0.00339. The first-order valence-corrected chi connectivity index (χ1v) is 10.9. The smallest absolute Gasteiger partial charge is 0.262 e. The van der Waals surface area contributed by atoms with E-state index in [0.717, 1.165) is 16.8 Å². The number of nitriles is 1. The highest BCUT2D eigenvalue weighted by molar-refractivity contribution is 6.30. The predicted octanol–water partition coefficient (Wildman–Crippen LogP) is 4.01. The molecule has 1 aromatic heterocycles. The zero-order valence-electron chi connectivity index (χ0n) is 18.5. The number of carbonyl (C=O) groups is 1. The third-order valence-electron chi connectivity index (χ3n) is 5.22. The van der Waals surface area contributed by atoms with Crippen molar-refractivity contribution in [3.05, 3.63) is 75.8 Å². The van der Waals surface area contributed by atoms with Gasteiger partial charge in [-0.2, -0.15) is 5.26 Å². The van der Waals surface area contributed by atoms with Crippen molar-refractivity contribution in [1.29, 1.82) is 5.26 Å². The van der Waals surface area contributed by atoms with Crippen LogP contribution in [0.15, 0.2) is 53.9 Å². The maximum atomic E-state index is 12.3. The van der Waals surface area contributed by atoms with Crippen LogP contribution in [-0.2, 0) is 4.79 Å².